The van der Waals surface area contributed by atoms with Crippen molar-refractivity contribution in [2.24, 2.45) is 0 Å². The average molecular weight is 513 g/mol. The van der Waals surface area contributed by atoms with Gasteiger partial charge in [0, 0.05) is 0 Å². The normalized spacial score (nSPS) is 13.9. The standard InChI is InChI=1S/C29H32N6O3/c1-29(2,17-37-21-11-8-19(15-30)9-12-21)28-33-25-26(31)32-18-35(27(25)34-28)16-20-10-13-23(36-3)24(14-20)38-22-6-4-5-7-22/h8-14,18,22,31H,4-7,16-17H2,1-3H3,(H,33,34). The molecule has 1 fully saturated rings. The summed E-state index contributed by atoms with van der Waals surface area (Å²) in [5.41, 5.74) is 2.50. The van der Waals surface area contributed by atoms with Crippen LogP contribution in [0.3, 0.4) is 0 Å². The van der Waals surface area contributed by atoms with Crippen LogP contribution >= 0.6 is 0 Å². The number of nitriles is 1. The SMILES string of the molecule is COc1ccc(Cn2cnc(=N)c3[nH]c(C(C)(C)COc4ccc(C#N)cc4)nc32)cc1OC1CCCC1. The number of nitrogens with zero attached hydrogens (tertiary/aromatic N) is 4. The van der Waals surface area contributed by atoms with Crippen LogP contribution in [0.4, 0.5) is 0 Å². The summed E-state index contributed by atoms with van der Waals surface area (Å²) in [7, 11) is 1.66. The maximum absolute atomic E-state index is 9.00. The monoisotopic (exact) mass is 512 g/mol. The molecule has 9 heteroatoms. The van der Waals surface area contributed by atoms with E-state index in [1.54, 1.807) is 37.7 Å². The van der Waals surface area contributed by atoms with Crippen molar-refractivity contribution >= 4 is 11.2 Å². The summed E-state index contributed by atoms with van der Waals surface area (Å²) in [6.07, 6.45) is 6.41. The first-order valence-electron chi connectivity index (χ1n) is 12.8. The van der Waals surface area contributed by atoms with Crippen LogP contribution in [0.2, 0.25) is 0 Å². The molecular formula is C29H32N6O3. The van der Waals surface area contributed by atoms with Gasteiger partial charge in [-0.05, 0) is 81.5 Å². The molecule has 0 atom stereocenters. The molecule has 2 heterocycles. The fraction of sp³-hybridized carbons (Fsp3) is 0.379. The van der Waals surface area contributed by atoms with Crippen molar-refractivity contribution in [3.05, 3.63) is 71.2 Å². The molecule has 0 radical (unpaired) electrons. The van der Waals surface area contributed by atoms with Crippen molar-refractivity contribution in [3.63, 3.8) is 0 Å². The van der Waals surface area contributed by atoms with Crippen molar-refractivity contribution in [2.45, 2.75) is 57.6 Å². The van der Waals surface area contributed by atoms with Crippen LogP contribution in [-0.4, -0.2) is 39.3 Å². The molecule has 0 aliphatic heterocycles. The molecule has 4 aromatic rings. The maximum Gasteiger partial charge on any atom is 0.173 e. The number of imidazole rings is 1. The minimum Gasteiger partial charge on any atom is -0.493 e. The van der Waals surface area contributed by atoms with E-state index in [0.717, 1.165) is 29.9 Å². The number of aromatic amines is 1. The summed E-state index contributed by atoms with van der Waals surface area (Å²) in [4.78, 5) is 12.5. The number of H-pyrrole nitrogens is 1. The highest BCUT2D eigenvalue weighted by atomic mass is 16.5. The smallest absolute Gasteiger partial charge is 0.173 e. The minimum absolute atomic E-state index is 0.138. The topological polar surface area (TPSA) is 122 Å². The fourth-order valence-corrected chi connectivity index (χ4v) is 4.67. The molecule has 0 bridgehead atoms. The van der Waals surface area contributed by atoms with E-state index in [4.69, 9.17) is 29.9 Å². The summed E-state index contributed by atoms with van der Waals surface area (Å²) >= 11 is 0. The second-order valence-electron chi connectivity index (χ2n) is 10.3. The van der Waals surface area contributed by atoms with Gasteiger partial charge in [0.05, 0.1) is 43.1 Å². The molecule has 1 saturated carbocycles. The Labute approximate surface area is 221 Å². The van der Waals surface area contributed by atoms with Gasteiger partial charge in [-0.3, -0.25) is 5.41 Å². The van der Waals surface area contributed by atoms with Crippen molar-refractivity contribution in [1.82, 2.24) is 19.5 Å². The summed E-state index contributed by atoms with van der Waals surface area (Å²) in [6, 6.07) is 15.1. The van der Waals surface area contributed by atoms with Crippen LogP contribution in [-0.2, 0) is 12.0 Å². The number of methoxy groups -OCH3 is 1. The Bertz CT molecular complexity index is 1520. The van der Waals surface area contributed by atoms with E-state index in [0.29, 0.717) is 41.5 Å². The number of hydrogen-bond donors (Lipinski definition) is 2. The van der Waals surface area contributed by atoms with Crippen molar-refractivity contribution in [2.75, 3.05) is 13.7 Å². The van der Waals surface area contributed by atoms with Crippen LogP contribution in [0.1, 0.15) is 56.5 Å². The Morgan fingerprint density at radius 2 is 1.89 bits per heavy atom. The summed E-state index contributed by atoms with van der Waals surface area (Å²) in [5.74, 6) is 2.86. The molecule has 0 saturated heterocycles. The van der Waals surface area contributed by atoms with Crippen LogP contribution in [0.25, 0.3) is 11.2 Å². The van der Waals surface area contributed by atoms with Crippen LogP contribution in [0.5, 0.6) is 17.2 Å². The zero-order valence-corrected chi connectivity index (χ0v) is 22.0. The first-order chi connectivity index (χ1) is 18.4. The average Bonchev–Trinajstić information content (AvgIpc) is 3.61. The van der Waals surface area contributed by atoms with Crippen LogP contribution < -0.4 is 19.7 Å². The lowest BCUT2D eigenvalue weighted by atomic mass is 9.94. The maximum atomic E-state index is 9.00. The molecule has 2 aromatic carbocycles. The lowest BCUT2D eigenvalue weighted by molar-refractivity contribution is 0.200. The zero-order chi connectivity index (χ0) is 26.7. The van der Waals surface area contributed by atoms with E-state index in [9.17, 15) is 0 Å². The summed E-state index contributed by atoms with van der Waals surface area (Å²) in [6.45, 7) is 4.94. The van der Waals surface area contributed by atoms with E-state index in [2.05, 4.69) is 16.0 Å². The first kappa shape index (κ1) is 25.3. The molecule has 2 aromatic heterocycles. The number of benzene rings is 2. The van der Waals surface area contributed by atoms with Gasteiger partial charge in [0.2, 0.25) is 0 Å². The van der Waals surface area contributed by atoms with Gasteiger partial charge in [-0.1, -0.05) is 6.07 Å². The lowest BCUT2D eigenvalue weighted by Gasteiger charge is -2.22. The number of fused-ring (bicyclic) bond motifs is 1. The molecule has 0 amide bonds. The second-order valence-corrected chi connectivity index (χ2v) is 10.3. The van der Waals surface area contributed by atoms with E-state index in [1.807, 2.05) is 36.6 Å². The second kappa shape index (κ2) is 10.6. The third-order valence-corrected chi connectivity index (χ3v) is 6.92. The lowest BCUT2D eigenvalue weighted by Crippen LogP contribution is -2.27. The van der Waals surface area contributed by atoms with Crippen LogP contribution in [0.15, 0.2) is 48.8 Å². The molecule has 1 aliphatic carbocycles. The number of nitrogens with one attached hydrogen (secondary N) is 2. The van der Waals surface area contributed by atoms with E-state index >= 15 is 0 Å². The molecule has 0 unspecified atom stereocenters. The van der Waals surface area contributed by atoms with Crippen molar-refractivity contribution in [1.29, 1.82) is 10.7 Å². The number of hydrogen-bond acceptors (Lipinski definition) is 7. The Morgan fingerprint density at radius 1 is 1.13 bits per heavy atom. The minimum atomic E-state index is -0.473. The van der Waals surface area contributed by atoms with Gasteiger partial charge in [-0.2, -0.15) is 5.26 Å². The number of ether oxygens (including phenoxy) is 3. The van der Waals surface area contributed by atoms with E-state index < -0.39 is 5.41 Å². The highest BCUT2D eigenvalue weighted by Crippen LogP contribution is 2.33. The molecule has 1 aliphatic rings. The van der Waals surface area contributed by atoms with Gasteiger partial charge in [0.1, 0.15) is 23.7 Å². The van der Waals surface area contributed by atoms with Gasteiger partial charge < -0.3 is 23.8 Å². The molecule has 38 heavy (non-hydrogen) atoms. The third-order valence-electron chi connectivity index (χ3n) is 6.92. The molecule has 2 N–H and O–H groups in total. The highest BCUT2D eigenvalue weighted by Gasteiger charge is 2.27. The van der Waals surface area contributed by atoms with E-state index in [1.165, 1.54) is 12.8 Å². The van der Waals surface area contributed by atoms with Crippen molar-refractivity contribution < 1.29 is 14.2 Å². The van der Waals surface area contributed by atoms with Gasteiger partial charge in [0.15, 0.2) is 22.6 Å². The van der Waals surface area contributed by atoms with Crippen molar-refractivity contribution in [3.8, 4) is 23.3 Å². The van der Waals surface area contributed by atoms with E-state index in [-0.39, 0.29) is 11.6 Å². The highest BCUT2D eigenvalue weighted by molar-refractivity contribution is 5.69. The van der Waals surface area contributed by atoms with Gasteiger partial charge in [-0.25, -0.2) is 9.97 Å². The Balaban J connectivity index is 1.39. The van der Waals surface area contributed by atoms with Crippen LogP contribution in [0, 0.1) is 16.7 Å². The fourth-order valence-electron chi connectivity index (χ4n) is 4.67. The largest absolute Gasteiger partial charge is 0.493 e. The predicted octanol–water partition coefficient (Wildman–Crippen LogP) is 4.85. The Kier molecular flexibility index (Phi) is 7.05. The Hall–Kier alpha value is -4.32. The summed E-state index contributed by atoms with van der Waals surface area (Å²) < 4.78 is 19.8. The molecule has 196 valence electrons. The van der Waals surface area contributed by atoms with Gasteiger partial charge in [-0.15, -0.1) is 0 Å². The third kappa shape index (κ3) is 5.35. The molecule has 5 rings (SSSR count). The quantitative estimate of drug-likeness (QED) is 0.331. The molecular weight excluding hydrogens is 480 g/mol. The number of rotatable bonds is 9. The van der Waals surface area contributed by atoms with Gasteiger partial charge >= 0.3 is 0 Å². The molecule has 9 nitrogen and oxygen atoms in total. The first-order valence-corrected chi connectivity index (χ1v) is 12.8. The molecule has 0 spiro atoms. The summed E-state index contributed by atoms with van der Waals surface area (Å²) in [5, 5.41) is 17.4. The Morgan fingerprint density at radius 3 is 2.61 bits per heavy atom. The predicted molar refractivity (Wildman–Crippen MR) is 142 cm³/mol. The number of aromatic nitrogens is 4. The zero-order valence-electron chi connectivity index (χ0n) is 22.0. The van der Waals surface area contributed by atoms with Gasteiger partial charge in [0.25, 0.3) is 0 Å².